The van der Waals surface area contributed by atoms with Gasteiger partial charge < -0.3 is 14.7 Å². The Bertz CT molecular complexity index is 270. The summed E-state index contributed by atoms with van der Waals surface area (Å²) in [4.78, 5) is 11.1. The first-order chi connectivity index (χ1) is 8.49. The second-order valence-corrected chi connectivity index (χ2v) is 4.59. The predicted octanol–water partition coefficient (Wildman–Crippen LogP) is 0.952. The first-order valence-corrected chi connectivity index (χ1v) is 5.99. The fourth-order valence-electron chi connectivity index (χ4n) is 1.70. The van der Waals surface area contributed by atoms with Crippen LogP contribution in [0.25, 0.3) is 0 Å². The zero-order valence-electron chi connectivity index (χ0n) is 9.60. The minimum atomic E-state index is -3.97. The second kappa shape index (κ2) is 7.19. The molecular weight excluding hydrogens is 274 g/mol. The number of hydrogen-bond acceptors (Lipinski definition) is 7. The van der Waals surface area contributed by atoms with E-state index in [1.54, 1.807) is 7.11 Å². The Balaban J connectivity index is 2.36. The van der Waals surface area contributed by atoms with E-state index in [2.05, 4.69) is 14.1 Å². The number of halogens is 2. The lowest BCUT2D eigenvalue weighted by Crippen LogP contribution is -2.34. The lowest BCUT2D eigenvalue weighted by Gasteiger charge is -2.28. The molecule has 1 fully saturated rings. The Labute approximate surface area is 107 Å². The van der Waals surface area contributed by atoms with Gasteiger partial charge in [-0.3, -0.25) is 5.04 Å². The lowest BCUT2D eigenvalue weighted by molar-refractivity contribution is -0.777. The van der Waals surface area contributed by atoms with Crippen molar-refractivity contribution >= 4 is 18.0 Å². The van der Waals surface area contributed by atoms with E-state index in [0.717, 1.165) is 0 Å². The molecule has 0 radical (unpaired) electrons. The topological polar surface area (TPSA) is 77.1 Å². The zero-order chi connectivity index (χ0) is 13.6. The number of alkyl halides is 2. The Morgan fingerprint density at radius 3 is 2.33 bits per heavy atom. The average molecular weight is 287 g/mol. The Morgan fingerprint density at radius 1 is 1.28 bits per heavy atom. The maximum Gasteiger partial charge on any atom is 0.415 e. The molecule has 0 unspecified atom stereocenters. The van der Waals surface area contributed by atoms with Gasteiger partial charge in [-0.05, 0) is 25.7 Å². The van der Waals surface area contributed by atoms with Gasteiger partial charge in [-0.2, -0.15) is 13.1 Å². The molecule has 0 N–H and O–H groups in total. The van der Waals surface area contributed by atoms with Crippen molar-refractivity contribution in [2.75, 3.05) is 7.11 Å². The predicted molar refractivity (Wildman–Crippen MR) is 53.9 cm³/mol. The summed E-state index contributed by atoms with van der Waals surface area (Å²) in [5, 5.41) is 8.20. The fraction of sp³-hybridized carbons (Fsp3) is 0.889. The normalized spacial score (nSPS) is 24.9. The maximum absolute atomic E-state index is 13.0. The van der Waals surface area contributed by atoms with Crippen LogP contribution in [0.3, 0.4) is 0 Å². The smallest absolute Gasteiger partial charge is 0.415 e. The summed E-state index contributed by atoms with van der Waals surface area (Å²) in [6.07, 6.45) is 1.73. The molecule has 0 amide bonds. The summed E-state index contributed by atoms with van der Waals surface area (Å²) in [6.45, 7) is 0. The van der Waals surface area contributed by atoms with E-state index in [-0.39, 0.29) is 6.10 Å². The van der Waals surface area contributed by atoms with Crippen molar-refractivity contribution in [2.45, 2.75) is 43.1 Å². The lowest BCUT2D eigenvalue weighted by atomic mass is 9.95. The van der Waals surface area contributed by atoms with Crippen LogP contribution in [0, 0.1) is 0 Å². The molecule has 0 heterocycles. The molecule has 1 rings (SSSR count). The van der Waals surface area contributed by atoms with Crippen molar-refractivity contribution in [3.8, 4) is 0 Å². The first-order valence-electron chi connectivity index (χ1n) is 5.25. The van der Waals surface area contributed by atoms with E-state index < -0.39 is 29.4 Å². The van der Waals surface area contributed by atoms with E-state index in [0.29, 0.717) is 25.7 Å². The third-order valence-electron chi connectivity index (χ3n) is 2.63. The van der Waals surface area contributed by atoms with Gasteiger partial charge in [0.2, 0.25) is 0 Å². The highest BCUT2D eigenvalue weighted by atomic mass is 32.2. The van der Waals surface area contributed by atoms with E-state index in [9.17, 15) is 18.8 Å². The van der Waals surface area contributed by atoms with Gasteiger partial charge >= 0.3 is 11.2 Å². The first kappa shape index (κ1) is 15.6. The number of esters is 1. The average Bonchev–Trinajstić information content (AvgIpc) is 2.37. The van der Waals surface area contributed by atoms with E-state index >= 15 is 0 Å². The molecule has 18 heavy (non-hydrogen) atoms. The standard InChI is InChI=1S/C9H14F2O6S/c1-14-6-2-4-7(5-3-6)15-8(12)9(10,11)18-17-16-13/h6-7,13H,2-5H2,1H3/p-1. The Hall–Kier alpha value is -0.480. The Kier molecular flexibility index (Phi) is 6.22. The Morgan fingerprint density at radius 2 is 1.83 bits per heavy atom. The van der Waals surface area contributed by atoms with Crippen molar-refractivity contribution in [3.05, 3.63) is 0 Å². The van der Waals surface area contributed by atoms with Gasteiger partial charge in [-0.1, -0.05) is 0 Å². The van der Waals surface area contributed by atoms with Gasteiger partial charge in [0, 0.05) is 7.11 Å². The summed E-state index contributed by atoms with van der Waals surface area (Å²) < 4.78 is 39.2. The minimum absolute atomic E-state index is 0.0760. The number of ether oxygens (including phenoxy) is 2. The van der Waals surface area contributed by atoms with Gasteiger partial charge in [0.15, 0.2) is 0 Å². The largest absolute Gasteiger partial charge is 0.691 e. The van der Waals surface area contributed by atoms with E-state index in [1.807, 2.05) is 0 Å². The molecule has 0 saturated heterocycles. The summed E-state index contributed by atoms with van der Waals surface area (Å²) in [5.41, 5.74) is 0. The summed E-state index contributed by atoms with van der Waals surface area (Å²) in [6, 6.07) is 0. The van der Waals surface area contributed by atoms with Crippen molar-refractivity contribution in [2.24, 2.45) is 0 Å². The molecular formula is C9H13F2O6S-. The second-order valence-electron chi connectivity index (χ2n) is 3.78. The molecule has 0 aromatic carbocycles. The third-order valence-corrected chi connectivity index (χ3v) is 3.13. The summed E-state index contributed by atoms with van der Waals surface area (Å²) in [7, 11) is 1.57. The van der Waals surface area contributed by atoms with Crippen LogP contribution in [0.15, 0.2) is 0 Å². The summed E-state index contributed by atoms with van der Waals surface area (Å²) >= 11 is -0.687. The number of carbonyl (C=O) groups is 1. The number of rotatable bonds is 6. The SMILES string of the molecule is COC1CCC(OC(=O)C(F)(F)SOO[O-])CC1. The quantitative estimate of drug-likeness (QED) is 0.311. The molecule has 9 heteroatoms. The van der Waals surface area contributed by atoms with Gasteiger partial charge in [-0.25, -0.2) is 4.79 Å². The monoisotopic (exact) mass is 287 g/mol. The third kappa shape index (κ3) is 4.65. The maximum atomic E-state index is 13.0. The van der Waals surface area contributed by atoms with Crippen molar-refractivity contribution in [3.63, 3.8) is 0 Å². The van der Waals surface area contributed by atoms with E-state index in [1.165, 1.54) is 0 Å². The molecule has 1 aliphatic carbocycles. The number of methoxy groups -OCH3 is 1. The van der Waals surface area contributed by atoms with Crippen molar-refractivity contribution < 1.29 is 37.7 Å². The molecule has 0 aliphatic heterocycles. The van der Waals surface area contributed by atoms with Crippen molar-refractivity contribution in [1.29, 1.82) is 0 Å². The molecule has 0 spiro atoms. The van der Waals surface area contributed by atoms with Crippen LogP contribution in [0.5, 0.6) is 0 Å². The van der Waals surface area contributed by atoms with E-state index in [4.69, 9.17) is 4.74 Å². The fourth-order valence-corrected chi connectivity index (χ4v) is 1.93. The molecule has 6 nitrogen and oxygen atoms in total. The molecule has 0 atom stereocenters. The number of hydrogen-bond donors (Lipinski definition) is 0. The highest BCUT2D eigenvalue weighted by Gasteiger charge is 2.45. The molecule has 1 saturated carbocycles. The summed E-state index contributed by atoms with van der Waals surface area (Å²) in [5.74, 6) is -1.74. The highest BCUT2D eigenvalue weighted by Crippen LogP contribution is 2.33. The van der Waals surface area contributed by atoms with Crippen LogP contribution in [-0.4, -0.2) is 30.5 Å². The molecule has 0 bridgehead atoms. The minimum Gasteiger partial charge on any atom is -0.691 e. The molecule has 1 aliphatic rings. The molecule has 0 aromatic rings. The van der Waals surface area contributed by atoms with Gasteiger partial charge in [-0.15, -0.1) is 0 Å². The van der Waals surface area contributed by atoms with Crippen molar-refractivity contribution in [1.82, 2.24) is 0 Å². The highest BCUT2D eigenvalue weighted by molar-refractivity contribution is 7.96. The van der Waals surface area contributed by atoms with Crippen LogP contribution in [-0.2, 0) is 23.6 Å². The number of carbonyl (C=O) groups excluding carboxylic acids is 1. The van der Waals surface area contributed by atoms with Crippen LogP contribution >= 0.6 is 12.0 Å². The molecule has 106 valence electrons. The van der Waals surface area contributed by atoms with Gasteiger partial charge in [0.25, 0.3) is 0 Å². The van der Waals surface area contributed by atoms with Crippen LogP contribution < -0.4 is 5.26 Å². The zero-order valence-corrected chi connectivity index (χ0v) is 10.4. The van der Waals surface area contributed by atoms with Gasteiger partial charge in [0.1, 0.15) is 18.1 Å². The van der Waals surface area contributed by atoms with Gasteiger partial charge in [0.05, 0.1) is 6.10 Å². The van der Waals surface area contributed by atoms with Crippen LogP contribution in [0.2, 0.25) is 0 Å². The van der Waals surface area contributed by atoms with Crippen LogP contribution in [0.4, 0.5) is 8.78 Å². The molecule has 0 aromatic heterocycles. The van der Waals surface area contributed by atoms with Crippen LogP contribution in [0.1, 0.15) is 25.7 Å².